The standard InChI is InChI=1S/C19H14N4O3/c1-2-26-19(24)15-8-18(21-10-17(15)22-25)23-11-14(9-20)16(12-23)13-6-4-3-5-7-13/h3-8,10-12H,2H2,1H3. The highest BCUT2D eigenvalue weighted by atomic mass is 16.5. The fourth-order valence-corrected chi connectivity index (χ4v) is 2.55. The lowest BCUT2D eigenvalue weighted by atomic mass is 10.1. The molecule has 3 rings (SSSR count). The Hall–Kier alpha value is -3.79. The van der Waals surface area contributed by atoms with Crippen LogP contribution in [0.1, 0.15) is 22.8 Å². The molecule has 0 saturated heterocycles. The number of nitrogens with zero attached hydrogens (tertiary/aromatic N) is 4. The van der Waals surface area contributed by atoms with Gasteiger partial charge in [0.2, 0.25) is 0 Å². The number of carbonyl (C=O) groups is 1. The molecule has 1 aromatic carbocycles. The lowest BCUT2D eigenvalue weighted by Crippen LogP contribution is -2.07. The lowest BCUT2D eigenvalue weighted by Gasteiger charge is -2.07. The highest BCUT2D eigenvalue weighted by Gasteiger charge is 2.17. The van der Waals surface area contributed by atoms with Gasteiger partial charge in [-0.25, -0.2) is 9.78 Å². The van der Waals surface area contributed by atoms with Crippen molar-refractivity contribution in [2.45, 2.75) is 6.92 Å². The number of rotatable bonds is 5. The van der Waals surface area contributed by atoms with E-state index >= 15 is 0 Å². The van der Waals surface area contributed by atoms with Crippen LogP contribution in [0.25, 0.3) is 16.9 Å². The van der Waals surface area contributed by atoms with Crippen LogP contribution in [0.2, 0.25) is 0 Å². The number of ether oxygens (including phenoxy) is 1. The molecule has 26 heavy (non-hydrogen) atoms. The van der Waals surface area contributed by atoms with E-state index < -0.39 is 5.97 Å². The third kappa shape index (κ3) is 3.21. The molecule has 0 aliphatic carbocycles. The van der Waals surface area contributed by atoms with Gasteiger partial charge in [0.05, 0.1) is 23.9 Å². The van der Waals surface area contributed by atoms with Gasteiger partial charge in [-0.05, 0) is 23.7 Å². The Morgan fingerprint density at radius 1 is 1.31 bits per heavy atom. The zero-order valence-corrected chi connectivity index (χ0v) is 13.9. The summed E-state index contributed by atoms with van der Waals surface area (Å²) in [5, 5.41) is 12.2. The summed E-state index contributed by atoms with van der Waals surface area (Å²) in [6.45, 7) is 1.85. The molecule has 0 amide bonds. The number of benzene rings is 1. The topological polar surface area (TPSA) is 97.3 Å². The molecular weight excluding hydrogens is 332 g/mol. The molecule has 128 valence electrons. The monoisotopic (exact) mass is 346 g/mol. The second-order valence-corrected chi connectivity index (χ2v) is 5.34. The molecule has 0 bridgehead atoms. The summed E-state index contributed by atoms with van der Waals surface area (Å²) >= 11 is 0. The number of esters is 1. The molecule has 0 aliphatic rings. The van der Waals surface area contributed by atoms with Crippen molar-refractivity contribution in [3.63, 3.8) is 0 Å². The normalized spacial score (nSPS) is 10.2. The van der Waals surface area contributed by atoms with Gasteiger partial charge in [-0.1, -0.05) is 30.3 Å². The molecule has 0 N–H and O–H groups in total. The number of nitroso groups, excluding NO2 is 1. The smallest absolute Gasteiger partial charge is 0.340 e. The molecule has 3 aromatic rings. The SMILES string of the molecule is CCOC(=O)c1cc(-n2cc(C#N)c(-c3ccccc3)c2)ncc1N=O. The molecule has 0 saturated carbocycles. The van der Waals surface area contributed by atoms with Crippen LogP contribution in [0.15, 0.2) is 60.2 Å². The Bertz CT molecular complexity index is 1000. The van der Waals surface area contributed by atoms with Crippen molar-refractivity contribution in [1.29, 1.82) is 5.26 Å². The Morgan fingerprint density at radius 3 is 2.73 bits per heavy atom. The Morgan fingerprint density at radius 2 is 2.08 bits per heavy atom. The minimum atomic E-state index is -0.651. The largest absolute Gasteiger partial charge is 0.462 e. The van der Waals surface area contributed by atoms with Gasteiger partial charge in [-0.3, -0.25) is 0 Å². The van der Waals surface area contributed by atoms with E-state index in [1.165, 1.54) is 12.3 Å². The maximum atomic E-state index is 12.0. The molecule has 0 atom stereocenters. The quantitative estimate of drug-likeness (QED) is 0.514. The summed E-state index contributed by atoms with van der Waals surface area (Å²) in [4.78, 5) is 27.1. The van der Waals surface area contributed by atoms with Gasteiger partial charge in [0.15, 0.2) is 0 Å². The van der Waals surface area contributed by atoms with E-state index in [-0.39, 0.29) is 17.9 Å². The van der Waals surface area contributed by atoms with Crippen molar-refractivity contribution in [1.82, 2.24) is 9.55 Å². The van der Waals surface area contributed by atoms with E-state index in [4.69, 9.17) is 4.74 Å². The first kappa shape index (κ1) is 17.0. The Balaban J connectivity index is 2.09. The average molecular weight is 346 g/mol. The predicted octanol–water partition coefficient (Wildman–Crippen LogP) is 3.99. The van der Waals surface area contributed by atoms with Gasteiger partial charge in [0, 0.05) is 18.0 Å². The third-order valence-electron chi connectivity index (χ3n) is 3.76. The highest BCUT2D eigenvalue weighted by molar-refractivity contribution is 5.95. The van der Waals surface area contributed by atoms with Crippen LogP contribution in [-0.2, 0) is 4.74 Å². The van der Waals surface area contributed by atoms with Crippen molar-refractivity contribution in [3.8, 4) is 23.0 Å². The summed E-state index contributed by atoms with van der Waals surface area (Å²) in [7, 11) is 0. The van der Waals surface area contributed by atoms with Gasteiger partial charge in [-0.2, -0.15) is 5.26 Å². The van der Waals surface area contributed by atoms with E-state index in [1.807, 2.05) is 30.3 Å². The molecule has 0 radical (unpaired) electrons. The maximum absolute atomic E-state index is 12.0. The van der Waals surface area contributed by atoms with E-state index in [0.29, 0.717) is 11.4 Å². The molecular formula is C19H14N4O3. The second kappa shape index (κ2) is 7.40. The first-order valence-electron chi connectivity index (χ1n) is 7.86. The summed E-state index contributed by atoms with van der Waals surface area (Å²) < 4.78 is 6.58. The molecule has 0 spiro atoms. The van der Waals surface area contributed by atoms with Gasteiger partial charge in [0.25, 0.3) is 0 Å². The first-order valence-corrected chi connectivity index (χ1v) is 7.86. The zero-order valence-electron chi connectivity index (χ0n) is 13.9. The predicted molar refractivity (Wildman–Crippen MR) is 95.1 cm³/mol. The van der Waals surface area contributed by atoms with Gasteiger partial charge in [-0.15, -0.1) is 4.91 Å². The van der Waals surface area contributed by atoms with E-state index in [9.17, 15) is 15.0 Å². The van der Waals surface area contributed by atoms with Crippen LogP contribution in [0.3, 0.4) is 0 Å². The molecule has 0 fully saturated rings. The van der Waals surface area contributed by atoms with Gasteiger partial charge < -0.3 is 9.30 Å². The third-order valence-corrected chi connectivity index (χ3v) is 3.76. The van der Waals surface area contributed by atoms with Crippen LogP contribution < -0.4 is 0 Å². The zero-order chi connectivity index (χ0) is 18.5. The number of hydrogen-bond donors (Lipinski definition) is 0. The van der Waals surface area contributed by atoms with Crippen molar-refractivity contribution in [3.05, 3.63) is 71.0 Å². The summed E-state index contributed by atoms with van der Waals surface area (Å²) in [5.74, 6) is -0.277. The molecule has 0 unspecified atom stereocenters. The number of carbonyl (C=O) groups excluding carboxylic acids is 1. The summed E-state index contributed by atoms with van der Waals surface area (Å²) in [5.41, 5.74) is 2.03. The van der Waals surface area contributed by atoms with E-state index in [2.05, 4.69) is 16.2 Å². The van der Waals surface area contributed by atoms with Crippen LogP contribution in [-0.4, -0.2) is 22.1 Å². The molecule has 7 heteroatoms. The highest BCUT2D eigenvalue weighted by Crippen LogP contribution is 2.27. The molecule has 7 nitrogen and oxygen atoms in total. The van der Waals surface area contributed by atoms with Crippen molar-refractivity contribution in [2.24, 2.45) is 5.18 Å². The fraction of sp³-hybridized carbons (Fsp3) is 0.105. The van der Waals surface area contributed by atoms with Crippen LogP contribution >= 0.6 is 0 Å². The molecule has 0 aliphatic heterocycles. The second-order valence-electron chi connectivity index (χ2n) is 5.34. The first-order chi connectivity index (χ1) is 12.7. The van der Waals surface area contributed by atoms with Crippen molar-refractivity contribution in [2.75, 3.05) is 6.61 Å². The van der Waals surface area contributed by atoms with Crippen molar-refractivity contribution >= 4 is 11.7 Å². The van der Waals surface area contributed by atoms with Crippen LogP contribution in [0.5, 0.6) is 0 Å². The Labute approximate surface area is 149 Å². The fourth-order valence-electron chi connectivity index (χ4n) is 2.55. The summed E-state index contributed by atoms with van der Waals surface area (Å²) in [6.07, 6.45) is 4.58. The van der Waals surface area contributed by atoms with Gasteiger partial charge in [0.1, 0.15) is 17.6 Å². The average Bonchev–Trinajstić information content (AvgIpc) is 3.13. The van der Waals surface area contributed by atoms with E-state index in [0.717, 1.165) is 11.1 Å². The van der Waals surface area contributed by atoms with Crippen LogP contribution in [0.4, 0.5) is 5.69 Å². The minimum absolute atomic E-state index is 0.0281. The number of pyridine rings is 1. The molecule has 2 heterocycles. The summed E-state index contributed by atoms with van der Waals surface area (Å²) in [6, 6.07) is 13.0. The number of hydrogen-bond acceptors (Lipinski definition) is 6. The van der Waals surface area contributed by atoms with Crippen LogP contribution in [0, 0.1) is 16.2 Å². The van der Waals surface area contributed by atoms with Crippen molar-refractivity contribution < 1.29 is 9.53 Å². The maximum Gasteiger partial charge on any atom is 0.340 e. The number of nitriles is 1. The molecule has 2 aromatic heterocycles. The minimum Gasteiger partial charge on any atom is -0.462 e. The Kier molecular flexibility index (Phi) is 4.85. The van der Waals surface area contributed by atoms with E-state index in [1.54, 1.807) is 23.9 Å². The lowest BCUT2D eigenvalue weighted by molar-refractivity contribution is 0.0527. The van der Waals surface area contributed by atoms with Gasteiger partial charge >= 0.3 is 5.97 Å². The number of aromatic nitrogens is 2.